The number of thiazole rings is 1. The van der Waals surface area contributed by atoms with E-state index in [1.54, 1.807) is 24.9 Å². The number of amides is 1. The Morgan fingerprint density at radius 3 is 2.61 bits per heavy atom. The Morgan fingerprint density at radius 1 is 1.22 bits per heavy atom. The van der Waals surface area contributed by atoms with E-state index in [9.17, 15) is 18.0 Å². The molecule has 0 aliphatic carbocycles. The van der Waals surface area contributed by atoms with Crippen LogP contribution in [-0.2, 0) is 6.18 Å². The minimum atomic E-state index is -4.54. The van der Waals surface area contributed by atoms with Crippen LogP contribution in [0.4, 0.5) is 13.2 Å². The average molecular weight is 517 g/mol. The molecule has 0 radical (unpaired) electrons. The molecule has 0 atom stereocenters. The number of ether oxygens (including phenoxy) is 1. The number of likely N-dealkylation sites (N-methyl/N-ethyl adjacent to an activating group) is 1. The van der Waals surface area contributed by atoms with Crippen molar-refractivity contribution in [2.24, 2.45) is 5.73 Å². The minimum Gasteiger partial charge on any atom is -0.497 e. The largest absolute Gasteiger partial charge is 0.497 e. The highest BCUT2D eigenvalue weighted by molar-refractivity contribution is 7.14. The lowest BCUT2D eigenvalue weighted by atomic mass is 10.1. The van der Waals surface area contributed by atoms with E-state index in [0.29, 0.717) is 16.4 Å². The normalized spacial score (nSPS) is 11.9. The maximum Gasteiger partial charge on any atom is 0.416 e. The Bertz CT molecular complexity index is 1410. The fourth-order valence-corrected chi connectivity index (χ4v) is 5.11. The summed E-state index contributed by atoms with van der Waals surface area (Å²) in [6.45, 7) is 4.63. The quantitative estimate of drug-likeness (QED) is 0.330. The number of aromatic nitrogens is 2. The van der Waals surface area contributed by atoms with Crippen LogP contribution in [-0.4, -0.2) is 47.6 Å². The monoisotopic (exact) mass is 516 g/mol. The minimum absolute atomic E-state index is 0.146. The van der Waals surface area contributed by atoms with Crippen LogP contribution in [0.15, 0.2) is 48.7 Å². The van der Waals surface area contributed by atoms with Crippen LogP contribution in [0.3, 0.4) is 0 Å². The third-order valence-electron chi connectivity index (χ3n) is 5.89. The van der Waals surface area contributed by atoms with Gasteiger partial charge in [-0.2, -0.15) is 13.2 Å². The molecule has 2 aromatic carbocycles. The molecule has 1 amide bonds. The van der Waals surface area contributed by atoms with E-state index < -0.39 is 17.6 Å². The zero-order valence-electron chi connectivity index (χ0n) is 20.4. The third-order valence-corrected chi connectivity index (χ3v) is 7.24. The summed E-state index contributed by atoms with van der Waals surface area (Å²) in [5.74, 6) is 0.434. The zero-order chi connectivity index (χ0) is 26.2. The van der Waals surface area contributed by atoms with Crippen molar-refractivity contribution in [3.8, 4) is 22.1 Å². The number of nitrogens with two attached hydrogens (primary N) is 1. The summed E-state index contributed by atoms with van der Waals surface area (Å²) in [6.07, 6.45) is -2.97. The van der Waals surface area contributed by atoms with E-state index in [2.05, 4.69) is 13.8 Å². The smallest absolute Gasteiger partial charge is 0.416 e. The summed E-state index contributed by atoms with van der Waals surface area (Å²) in [7, 11) is 3.17. The first-order valence-corrected chi connectivity index (χ1v) is 12.2. The number of carbonyl (C=O) groups excluding carboxylic acids is 1. The molecule has 2 heterocycles. The summed E-state index contributed by atoms with van der Waals surface area (Å²) >= 11 is 1.44. The third kappa shape index (κ3) is 4.83. The van der Waals surface area contributed by atoms with E-state index in [0.717, 1.165) is 28.3 Å². The number of rotatable bonds is 7. The van der Waals surface area contributed by atoms with Gasteiger partial charge < -0.3 is 15.4 Å². The van der Waals surface area contributed by atoms with Gasteiger partial charge in [-0.05, 0) is 36.2 Å². The lowest BCUT2D eigenvalue weighted by Crippen LogP contribution is -2.31. The highest BCUT2D eigenvalue weighted by atomic mass is 32.1. The van der Waals surface area contributed by atoms with Crippen molar-refractivity contribution in [1.82, 2.24) is 14.5 Å². The van der Waals surface area contributed by atoms with E-state index in [1.807, 2.05) is 24.3 Å². The van der Waals surface area contributed by atoms with Crippen LogP contribution >= 0.6 is 11.3 Å². The molecule has 4 rings (SSSR count). The van der Waals surface area contributed by atoms with Gasteiger partial charge in [-0.1, -0.05) is 26.0 Å². The molecule has 0 saturated heterocycles. The Labute approximate surface area is 211 Å². The molecule has 36 heavy (non-hydrogen) atoms. The molecule has 0 saturated carbocycles. The maximum atomic E-state index is 13.5. The van der Waals surface area contributed by atoms with Crippen LogP contribution in [0.5, 0.6) is 5.75 Å². The van der Waals surface area contributed by atoms with Crippen LogP contribution < -0.4 is 10.5 Å². The lowest BCUT2D eigenvalue weighted by molar-refractivity contribution is -0.137. The van der Waals surface area contributed by atoms with Gasteiger partial charge in [0.05, 0.1) is 29.4 Å². The van der Waals surface area contributed by atoms with Gasteiger partial charge in [0.2, 0.25) is 0 Å². The van der Waals surface area contributed by atoms with Crippen molar-refractivity contribution in [3.05, 3.63) is 64.7 Å². The molecule has 4 aromatic rings. The van der Waals surface area contributed by atoms with Crippen molar-refractivity contribution in [3.63, 3.8) is 0 Å². The molecule has 0 fully saturated rings. The summed E-state index contributed by atoms with van der Waals surface area (Å²) in [5, 5.41) is 0.768. The second-order valence-corrected chi connectivity index (χ2v) is 9.76. The fraction of sp³-hybridized carbons (Fsp3) is 0.308. The molecule has 0 bridgehead atoms. The van der Waals surface area contributed by atoms with E-state index in [1.165, 1.54) is 22.3 Å². The van der Waals surface area contributed by atoms with Crippen molar-refractivity contribution in [2.45, 2.75) is 25.9 Å². The number of nitrogens with zero attached hydrogens (tertiary/aromatic N) is 3. The number of carbonyl (C=O) groups is 1. The van der Waals surface area contributed by atoms with Crippen LogP contribution in [0.25, 0.3) is 27.3 Å². The second-order valence-electron chi connectivity index (χ2n) is 8.75. The first-order chi connectivity index (χ1) is 17.0. The van der Waals surface area contributed by atoms with Crippen LogP contribution in [0.2, 0.25) is 0 Å². The van der Waals surface area contributed by atoms with Gasteiger partial charge in [-0.15, -0.1) is 11.3 Å². The number of alkyl halides is 3. The van der Waals surface area contributed by atoms with Crippen molar-refractivity contribution < 1.29 is 22.7 Å². The van der Waals surface area contributed by atoms with Crippen molar-refractivity contribution >= 4 is 28.1 Å². The molecule has 0 aliphatic heterocycles. The van der Waals surface area contributed by atoms with Crippen molar-refractivity contribution in [2.75, 3.05) is 27.2 Å². The average Bonchev–Trinajstić information content (AvgIpc) is 3.45. The standard InChI is InChI=1S/C26H27F3N4O2S/c1-15(2)23-22(16-6-5-7-18(12-16)35-4)31-25(36-23)33-14-20(24(34)32(3)11-10-30)19-13-17(26(27,28)29)8-9-21(19)33/h5-9,12-15H,10-11,30H2,1-4H3. The van der Waals surface area contributed by atoms with Gasteiger partial charge in [-0.3, -0.25) is 9.36 Å². The first-order valence-electron chi connectivity index (χ1n) is 11.4. The molecule has 190 valence electrons. The zero-order valence-corrected chi connectivity index (χ0v) is 21.2. The number of benzene rings is 2. The number of methoxy groups -OCH3 is 1. The van der Waals surface area contributed by atoms with Gasteiger partial charge in [0.1, 0.15) is 5.75 Å². The summed E-state index contributed by atoms with van der Waals surface area (Å²) in [6, 6.07) is 11.0. The van der Waals surface area contributed by atoms with Gasteiger partial charge in [0, 0.05) is 42.2 Å². The molecule has 0 unspecified atom stereocenters. The predicted molar refractivity (Wildman–Crippen MR) is 136 cm³/mol. The van der Waals surface area contributed by atoms with Crippen molar-refractivity contribution in [1.29, 1.82) is 0 Å². The SMILES string of the molecule is COc1cccc(-c2nc(-n3cc(C(=O)N(C)CCN)c4cc(C(F)(F)F)ccc43)sc2C(C)C)c1. The number of hydrogen-bond donors (Lipinski definition) is 1. The molecule has 0 aliphatic rings. The maximum absolute atomic E-state index is 13.5. The highest BCUT2D eigenvalue weighted by Crippen LogP contribution is 2.39. The van der Waals surface area contributed by atoms with E-state index in [4.69, 9.17) is 15.5 Å². The first kappa shape index (κ1) is 25.7. The Kier molecular flexibility index (Phi) is 7.10. The number of halogens is 3. The predicted octanol–water partition coefficient (Wildman–Crippen LogP) is 5.94. The van der Waals surface area contributed by atoms with Gasteiger partial charge in [-0.25, -0.2) is 4.98 Å². The summed E-state index contributed by atoms with van der Waals surface area (Å²) in [4.78, 5) is 20.5. The highest BCUT2D eigenvalue weighted by Gasteiger charge is 2.32. The molecule has 10 heteroatoms. The fourth-order valence-electron chi connectivity index (χ4n) is 4.03. The number of hydrogen-bond acceptors (Lipinski definition) is 5. The summed E-state index contributed by atoms with van der Waals surface area (Å²) < 4.78 is 47.6. The van der Waals surface area contributed by atoms with E-state index in [-0.39, 0.29) is 30.0 Å². The lowest BCUT2D eigenvalue weighted by Gasteiger charge is -2.15. The number of fused-ring (bicyclic) bond motifs is 1. The molecule has 6 nitrogen and oxygen atoms in total. The van der Waals surface area contributed by atoms with Gasteiger partial charge in [0.25, 0.3) is 5.91 Å². The molecular weight excluding hydrogens is 489 g/mol. The van der Waals surface area contributed by atoms with Gasteiger partial charge >= 0.3 is 6.18 Å². The molecular formula is C26H27F3N4O2S. The van der Waals surface area contributed by atoms with Crippen LogP contribution in [0, 0.1) is 0 Å². The molecule has 0 spiro atoms. The molecule has 2 N–H and O–H groups in total. The Hall–Kier alpha value is -3.37. The Balaban J connectivity index is 1.93. The Morgan fingerprint density at radius 2 is 1.97 bits per heavy atom. The summed E-state index contributed by atoms with van der Waals surface area (Å²) in [5.41, 5.74) is 7.05. The van der Waals surface area contributed by atoms with E-state index >= 15 is 0 Å². The molecule has 2 aromatic heterocycles. The topological polar surface area (TPSA) is 73.4 Å². The van der Waals surface area contributed by atoms with Crippen LogP contribution in [0.1, 0.15) is 40.6 Å². The van der Waals surface area contributed by atoms with Gasteiger partial charge in [0.15, 0.2) is 5.13 Å². The second kappa shape index (κ2) is 9.94.